The standard InChI is InChI=1S/C19H28N2O2/c1-2-10-20-16(5-1)13-22-15-19-9-4-12-23-18(19)8-11-21(14-19)17-6-3-7-17/h1-2,5,10,17-18H,3-4,6-9,11-15H2/t18-,19-/m0/s1. The van der Waals surface area contributed by atoms with Crippen molar-refractivity contribution in [2.24, 2.45) is 5.41 Å². The Morgan fingerprint density at radius 3 is 3.00 bits per heavy atom. The van der Waals surface area contributed by atoms with Gasteiger partial charge in [-0.1, -0.05) is 12.5 Å². The second-order valence-corrected chi connectivity index (χ2v) is 7.48. The molecule has 4 nitrogen and oxygen atoms in total. The van der Waals surface area contributed by atoms with Gasteiger partial charge in [0.15, 0.2) is 0 Å². The predicted molar refractivity (Wildman–Crippen MR) is 89.1 cm³/mol. The van der Waals surface area contributed by atoms with Crippen molar-refractivity contribution in [3.05, 3.63) is 30.1 Å². The van der Waals surface area contributed by atoms with E-state index in [1.54, 1.807) is 0 Å². The SMILES string of the molecule is c1ccc(COC[C@@]23CCCO[C@H]2CCN(C2CCC2)C3)nc1. The van der Waals surface area contributed by atoms with Gasteiger partial charge in [0, 0.05) is 37.4 Å². The molecule has 4 heteroatoms. The number of hydrogen-bond acceptors (Lipinski definition) is 4. The van der Waals surface area contributed by atoms with Gasteiger partial charge in [-0.05, 0) is 44.2 Å². The van der Waals surface area contributed by atoms with Crippen LogP contribution in [-0.2, 0) is 16.1 Å². The van der Waals surface area contributed by atoms with Crippen LogP contribution in [0.1, 0.15) is 44.2 Å². The highest BCUT2D eigenvalue weighted by Gasteiger charge is 2.47. The summed E-state index contributed by atoms with van der Waals surface area (Å²) in [6, 6.07) is 6.83. The van der Waals surface area contributed by atoms with Gasteiger partial charge in [-0.25, -0.2) is 0 Å². The van der Waals surface area contributed by atoms with E-state index in [4.69, 9.17) is 9.47 Å². The van der Waals surface area contributed by atoms with Crippen molar-refractivity contribution in [3.8, 4) is 0 Å². The highest BCUT2D eigenvalue weighted by Crippen LogP contribution is 2.42. The fourth-order valence-corrected chi connectivity index (χ4v) is 4.44. The van der Waals surface area contributed by atoms with Crippen LogP contribution >= 0.6 is 0 Å². The molecule has 0 radical (unpaired) electrons. The molecule has 4 rings (SSSR count). The molecule has 3 fully saturated rings. The molecule has 3 aliphatic rings. The third-order valence-electron chi connectivity index (χ3n) is 5.97. The lowest BCUT2D eigenvalue weighted by Crippen LogP contribution is -2.59. The lowest BCUT2D eigenvalue weighted by atomic mass is 9.72. The smallest absolute Gasteiger partial charge is 0.0888 e. The van der Waals surface area contributed by atoms with E-state index in [0.717, 1.165) is 31.5 Å². The zero-order chi connectivity index (χ0) is 15.5. The molecule has 126 valence electrons. The van der Waals surface area contributed by atoms with Crippen LogP contribution in [-0.4, -0.2) is 48.3 Å². The van der Waals surface area contributed by atoms with E-state index < -0.39 is 0 Å². The first kappa shape index (κ1) is 15.6. The number of ether oxygens (including phenoxy) is 2. The number of hydrogen-bond donors (Lipinski definition) is 0. The van der Waals surface area contributed by atoms with Crippen molar-refractivity contribution in [3.63, 3.8) is 0 Å². The molecular weight excluding hydrogens is 288 g/mol. The Morgan fingerprint density at radius 1 is 1.26 bits per heavy atom. The summed E-state index contributed by atoms with van der Waals surface area (Å²) in [4.78, 5) is 7.08. The summed E-state index contributed by atoms with van der Waals surface area (Å²) in [7, 11) is 0. The van der Waals surface area contributed by atoms with Crippen LogP contribution < -0.4 is 0 Å². The van der Waals surface area contributed by atoms with E-state index in [9.17, 15) is 0 Å². The van der Waals surface area contributed by atoms with Crippen LogP contribution in [0.2, 0.25) is 0 Å². The van der Waals surface area contributed by atoms with Crippen LogP contribution in [0, 0.1) is 5.41 Å². The van der Waals surface area contributed by atoms with E-state index in [1.807, 2.05) is 24.4 Å². The number of likely N-dealkylation sites (tertiary alicyclic amines) is 1. The molecule has 3 heterocycles. The van der Waals surface area contributed by atoms with Crippen LogP contribution in [0.4, 0.5) is 0 Å². The summed E-state index contributed by atoms with van der Waals surface area (Å²) in [6.45, 7) is 4.70. The average molecular weight is 316 g/mol. The third kappa shape index (κ3) is 3.30. The largest absolute Gasteiger partial charge is 0.377 e. The Balaban J connectivity index is 1.40. The molecule has 23 heavy (non-hydrogen) atoms. The molecule has 0 bridgehead atoms. The second kappa shape index (κ2) is 6.88. The number of rotatable bonds is 5. The van der Waals surface area contributed by atoms with Gasteiger partial charge in [-0.2, -0.15) is 0 Å². The molecule has 0 spiro atoms. The zero-order valence-corrected chi connectivity index (χ0v) is 14.0. The minimum Gasteiger partial charge on any atom is -0.377 e. The van der Waals surface area contributed by atoms with Gasteiger partial charge in [0.25, 0.3) is 0 Å². The average Bonchev–Trinajstić information content (AvgIpc) is 2.54. The summed E-state index contributed by atoms with van der Waals surface area (Å²) in [5.74, 6) is 0. The molecule has 2 aliphatic heterocycles. The summed E-state index contributed by atoms with van der Waals surface area (Å²) >= 11 is 0. The first-order chi connectivity index (χ1) is 11.4. The lowest BCUT2D eigenvalue weighted by Gasteiger charge is -2.53. The first-order valence-electron chi connectivity index (χ1n) is 9.19. The van der Waals surface area contributed by atoms with Crippen molar-refractivity contribution in [1.82, 2.24) is 9.88 Å². The van der Waals surface area contributed by atoms with Gasteiger partial charge in [-0.3, -0.25) is 9.88 Å². The Morgan fingerprint density at radius 2 is 2.22 bits per heavy atom. The van der Waals surface area contributed by atoms with E-state index in [1.165, 1.54) is 45.1 Å². The summed E-state index contributed by atoms with van der Waals surface area (Å²) in [6.07, 6.45) is 9.98. The van der Waals surface area contributed by atoms with Gasteiger partial charge >= 0.3 is 0 Å². The molecule has 0 amide bonds. The summed E-state index contributed by atoms with van der Waals surface area (Å²) in [5.41, 5.74) is 1.21. The fourth-order valence-electron chi connectivity index (χ4n) is 4.44. The molecular formula is C19H28N2O2. The molecule has 1 aromatic heterocycles. The topological polar surface area (TPSA) is 34.6 Å². The Bertz CT molecular complexity index is 505. The quantitative estimate of drug-likeness (QED) is 0.836. The van der Waals surface area contributed by atoms with Crippen molar-refractivity contribution >= 4 is 0 Å². The number of fused-ring (bicyclic) bond motifs is 1. The number of aromatic nitrogens is 1. The normalized spacial score (nSPS) is 32.3. The highest BCUT2D eigenvalue weighted by molar-refractivity contribution is 5.03. The predicted octanol–water partition coefficient (Wildman–Crippen LogP) is 3.02. The molecule has 0 aromatic carbocycles. The molecule has 2 atom stereocenters. The maximum absolute atomic E-state index is 6.15. The molecule has 0 unspecified atom stereocenters. The summed E-state index contributed by atoms with van der Waals surface area (Å²) in [5, 5.41) is 0. The van der Waals surface area contributed by atoms with Gasteiger partial charge in [0.1, 0.15) is 0 Å². The van der Waals surface area contributed by atoms with Crippen LogP contribution in [0.3, 0.4) is 0 Å². The number of nitrogens with zero attached hydrogens (tertiary/aromatic N) is 2. The number of pyridine rings is 1. The zero-order valence-electron chi connectivity index (χ0n) is 14.0. The van der Waals surface area contributed by atoms with Crippen LogP contribution in [0.25, 0.3) is 0 Å². The molecule has 1 aliphatic carbocycles. The van der Waals surface area contributed by atoms with Gasteiger partial charge < -0.3 is 9.47 Å². The molecule has 1 saturated carbocycles. The minimum absolute atomic E-state index is 0.195. The Hall–Kier alpha value is -0.970. The van der Waals surface area contributed by atoms with E-state index >= 15 is 0 Å². The minimum atomic E-state index is 0.195. The maximum atomic E-state index is 6.15. The van der Waals surface area contributed by atoms with Gasteiger partial charge in [0.2, 0.25) is 0 Å². The lowest BCUT2D eigenvalue weighted by molar-refractivity contribution is -0.163. The molecule has 0 N–H and O–H groups in total. The fraction of sp³-hybridized carbons (Fsp3) is 0.737. The first-order valence-corrected chi connectivity index (χ1v) is 9.19. The summed E-state index contributed by atoms with van der Waals surface area (Å²) < 4.78 is 12.3. The van der Waals surface area contributed by atoms with Crippen molar-refractivity contribution < 1.29 is 9.47 Å². The Labute approximate surface area is 139 Å². The van der Waals surface area contributed by atoms with Crippen LogP contribution in [0.15, 0.2) is 24.4 Å². The molecule has 2 saturated heterocycles. The van der Waals surface area contributed by atoms with E-state index in [0.29, 0.717) is 12.7 Å². The maximum Gasteiger partial charge on any atom is 0.0888 e. The van der Waals surface area contributed by atoms with Crippen LogP contribution in [0.5, 0.6) is 0 Å². The highest BCUT2D eigenvalue weighted by atomic mass is 16.5. The van der Waals surface area contributed by atoms with Gasteiger partial charge in [-0.15, -0.1) is 0 Å². The van der Waals surface area contributed by atoms with Crippen molar-refractivity contribution in [2.75, 3.05) is 26.3 Å². The van der Waals surface area contributed by atoms with E-state index in [-0.39, 0.29) is 5.41 Å². The Kier molecular flexibility index (Phi) is 4.65. The monoisotopic (exact) mass is 316 g/mol. The second-order valence-electron chi connectivity index (χ2n) is 7.48. The van der Waals surface area contributed by atoms with Crippen molar-refractivity contribution in [1.29, 1.82) is 0 Å². The van der Waals surface area contributed by atoms with Gasteiger partial charge in [0.05, 0.1) is 25.0 Å². The number of piperidine rings is 1. The third-order valence-corrected chi connectivity index (χ3v) is 5.97. The van der Waals surface area contributed by atoms with Crippen molar-refractivity contribution in [2.45, 2.75) is 57.3 Å². The molecule has 1 aromatic rings. The van der Waals surface area contributed by atoms with E-state index in [2.05, 4.69) is 9.88 Å².